The lowest BCUT2D eigenvalue weighted by molar-refractivity contribution is 0.433. The monoisotopic (exact) mass is 285 g/mol. The molecule has 0 radical (unpaired) electrons. The number of aromatic nitrogens is 2. The highest BCUT2D eigenvalue weighted by atomic mass is 32.1. The van der Waals surface area contributed by atoms with E-state index in [9.17, 15) is 0 Å². The molecule has 2 heterocycles. The van der Waals surface area contributed by atoms with Gasteiger partial charge >= 0.3 is 0 Å². The highest BCUT2D eigenvalue weighted by Gasteiger charge is 2.10. The second kappa shape index (κ2) is 5.24. The van der Waals surface area contributed by atoms with Crippen LogP contribution in [0.15, 0.2) is 51.3 Å². The molecular formula is C13H7N3OS2. The molecule has 2 aromatic heterocycles. The number of nitrogens with zero attached hydrogens (tertiary/aromatic N) is 3. The third-order valence-electron chi connectivity index (χ3n) is 2.46. The van der Waals surface area contributed by atoms with Crippen LogP contribution in [0.1, 0.15) is 0 Å². The van der Waals surface area contributed by atoms with Crippen LogP contribution in [0.4, 0.5) is 5.69 Å². The van der Waals surface area contributed by atoms with Crippen LogP contribution >= 0.6 is 23.6 Å². The van der Waals surface area contributed by atoms with Gasteiger partial charge in [-0.15, -0.1) is 11.3 Å². The van der Waals surface area contributed by atoms with E-state index in [1.54, 1.807) is 11.3 Å². The molecule has 3 aromatic rings. The maximum absolute atomic E-state index is 5.24. The number of hydrogen-bond donors (Lipinski definition) is 0. The lowest BCUT2D eigenvalue weighted by atomic mass is 10.2. The summed E-state index contributed by atoms with van der Waals surface area (Å²) in [6.45, 7) is 0. The van der Waals surface area contributed by atoms with Crippen molar-refractivity contribution in [3.63, 3.8) is 0 Å². The fraction of sp³-hybridized carbons (Fsp3) is 0. The van der Waals surface area contributed by atoms with Crippen LogP contribution < -0.4 is 0 Å². The number of thiophene rings is 1. The van der Waals surface area contributed by atoms with Crippen LogP contribution in [0.2, 0.25) is 0 Å². The van der Waals surface area contributed by atoms with Crippen molar-refractivity contribution in [1.82, 2.24) is 10.1 Å². The molecule has 0 aliphatic carbocycles. The van der Waals surface area contributed by atoms with Gasteiger partial charge in [-0.3, -0.25) is 0 Å². The van der Waals surface area contributed by atoms with E-state index in [0.717, 1.165) is 16.1 Å². The molecule has 4 nitrogen and oxygen atoms in total. The zero-order chi connectivity index (χ0) is 13.1. The van der Waals surface area contributed by atoms with E-state index in [4.69, 9.17) is 4.52 Å². The summed E-state index contributed by atoms with van der Waals surface area (Å²) in [6, 6.07) is 11.3. The summed E-state index contributed by atoms with van der Waals surface area (Å²) in [5.74, 6) is 1.09. The minimum atomic E-state index is 0.533. The van der Waals surface area contributed by atoms with Crippen molar-refractivity contribution in [2.75, 3.05) is 0 Å². The highest BCUT2D eigenvalue weighted by Crippen LogP contribution is 2.26. The van der Waals surface area contributed by atoms with Crippen molar-refractivity contribution >= 4 is 34.4 Å². The minimum absolute atomic E-state index is 0.533. The van der Waals surface area contributed by atoms with Gasteiger partial charge in [-0.2, -0.15) is 9.98 Å². The third kappa shape index (κ3) is 2.51. The van der Waals surface area contributed by atoms with Crippen molar-refractivity contribution in [3.05, 3.63) is 41.8 Å². The molecule has 0 spiro atoms. The molecule has 0 saturated heterocycles. The molecule has 0 aliphatic heterocycles. The standard InChI is InChI=1S/C13H7N3OS2/c18-8-14-10-5-3-9(4-6-10)12-15-13(17-16-12)11-2-1-7-19-11/h1-7H. The first-order chi connectivity index (χ1) is 9.36. The molecule has 0 atom stereocenters. The molecular weight excluding hydrogens is 278 g/mol. The predicted molar refractivity (Wildman–Crippen MR) is 77.7 cm³/mol. The lowest BCUT2D eigenvalue weighted by Gasteiger charge is -1.94. The van der Waals surface area contributed by atoms with E-state index in [1.807, 2.05) is 41.8 Å². The Morgan fingerprint density at radius 2 is 2.05 bits per heavy atom. The number of rotatable bonds is 3. The first-order valence-corrected chi connectivity index (χ1v) is 6.71. The summed E-state index contributed by atoms with van der Waals surface area (Å²) in [5, 5.41) is 8.27. The molecule has 0 unspecified atom stereocenters. The molecule has 0 N–H and O–H groups in total. The van der Waals surface area contributed by atoms with Gasteiger partial charge < -0.3 is 4.52 Å². The average Bonchev–Trinajstić information content (AvgIpc) is 3.11. The lowest BCUT2D eigenvalue weighted by Crippen LogP contribution is -1.79. The van der Waals surface area contributed by atoms with Crippen LogP contribution in [-0.4, -0.2) is 15.3 Å². The van der Waals surface area contributed by atoms with Gasteiger partial charge in [0.2, 0.25) is 5.82 Å². The average molecular weight is 285 g/mol. The maximum atomic E-state index is 5.24. The Morgan fingerprint density at radius 1 is 1.21 bits per heavy atom. The molecule has 92 valence electrons. The number of hydrogen-bond acceptors (Lipinski definition) is 6. The van der Waals surface area contributed by atoms with Gasteiger partial charge in [0.25, 0.3) is 5.89 Å². The Hall–Kier alpha value is -2.14. The first kappa shape index (κ1) is 11.9. The second-order valence-electron chi connectivity index (χ2n) is 3.65. The zero-order valence-electron chi connectivity index (χ0n) is 9.61. The van der Waals surface area contributed by atoms with Crippen LogP contribution in [-0.2, 0) is 0 Å². The molecule has 0 fully saturated rings. The smallest absolute Gasteiger partial charge is 0.268 e. The molecule has 0 saturated carbocycles. The molecule has 1 aromatic carbocycles. The summed E-state index contributed by atoms with van der Waals surface area (Å²) in [4.78, 5) is 9.21. The summed E-state index contributed by atoms with van der Waals surface area (Å²) in [7, 11) is 0. The quantitative estimate of drug-likeness (QED) is 0.534. The van der Waals surface area contributed by atoms with E-state index in [-0.39, 0.29) is 0 Å². The second-order valence-corrected chi connectivity index (χ2v) is 4.78. The number of benzene rings is 1. The van der Waals surface area contributed by atoms with E-state index < -0.39 is 0 Å². The van der Waals surface area contributed by atoms with Crippen molar-refractivity contribution in [2.45, 2.75) is 0 Å². The first-order valence-electron chi connectivity index (χ1n) is 5.43. The number of thiocarbonyl (C=S) groups is 1. The Balaban J connectivity index is 1.92. The van der Waals surface area contributed by atoms with E-state index in [2.05, 4.69) is 32.5 Å². The largest absolute Gasteiger partial charge is 0.333 e. The van der Waals surface area contributed by atoms with Crippen LogP contribution in [0.3, 0.4) is 0 Å². The van der Waals surface area contributed by atoms with E-state index in [1.165, 1.54) is 0 Å². The van der Waals surface area contributed by atoms with Gasteiger partial charge in [-0.25, -0.2) is 0 Å². The Labute approximate surface area is 118 Å². The van der Waals surface area contributed by atoms with Gasteiger partial charge in [0, 0.05) is 5.56 Å². The van der Waals surface area contributed by atoms with Crippen molar-refractivity contribution in [3.8, 4) is 22.2 Å². The zero-order valence-corrected chi connectivity index (χ0v) is 11.2. The molecule has 0 aliphatic rings. The Bertz CT molecular complexity index is 726. The molecule has 0 bridgehead atoms. The topological polar surface area (TPSA) is 51.3 Å². The fourth-order valence-corrected chi connectivity index (χ4v) is 2.33. The van der Waals surface area contributed by atoms with Crippen molar-refractivity contribution in [1.29, 1.82) is 0 Å². The summed E-state index contributed by atoms with van der Waals surface area (Å²) in [5.41, 5.74) is 1.62. The SMILES string of the molecule is S=C=Nc1ccc(-c2noc(-c3cccs3)n2)cc1. The van der Waals surface area contributed by atoms with Gasteiger partial charge in [0.05, 0.1) is 15.7 Å². The summed E-state index contributed by atoms with van der Waals surface area (Å²) >= 11 is 6.12. The highest BCUT2D eigenvalue weighted by molar-refractivity contribution is 7.78. The van der Waals surface area contributed by atoms with Crippen molar-refractivity contribution < 1.29 is 4.52 Å². The number of isothiocyanates is 1. The van der Waals surface area contributed by atoms with Crippen LogP contribution in [0.25, 0.3) is 22.2 Å². The molecule has 6 heteroatoms. The van der Waals surface area contributed by atoms with E-state index in [0.29, 0.717) is 11.7 Å². The fourth-order valence-electron chi connectivity index (χ4n) is 1.58. The Kier molecular flexibility index (Phi) is 3.29. The molecule has 19 heavy (non-hydrogen) atoms. The van der Waals surface area contributed by atoms with E-state index >= 15 is 0 Å². The van der Waals surface area contributed by atoms with Crippen LogP contribution in [0.5, 0.6) is 0 Å². The van der Waals surface area contributed by atoms with Crippen LogP contribution in [0, 0.1) is 0 Å². The maximum Gasteiger partial charge on any atom is 0.268 e. The number of aliphatic imine (C=N–C) groups is 1. The summed E-state index contributed by atoms with van der Waals surface area (Å²) < 4.78 is 5.24. The van der Waals surface area contributed by atoms with Crippen molar-refractivity contribution in [2.24, 2.45) is 4.99 Å². The summed E-state index contributed by atoms with van der Waals surface area (Å²) in [6.07, 6.45) is 0. The van der Waals surface area contributed by atoms with Gasteiger partial charge in [-0.1, -0.05) is 11.2 Å². The van der Waals surface area contributed by atoms with Gasteiger partial charge in [-0.05, 0) is 47.9 Å². The minimum Gasteiger partial charge on any atom is -0.333 e. The molecule has 3 rings (SSSR count). The van der Waals surface area contributed by atoms with Gasteiger partial charge in [0.1, 0.15) is 0 Å². The predicted octanol–water partition coefficient (Wildman–Crippen LogP) is 4.20. The van der Waals surface area contributed by atoms with Gasteiger partial charge in [0.15, 0.2) is 0 Å². The third-order valence-corrected chi connectivity index (χ3v) is 3.41. The molecule has 0 amide bonds. The normalized spacial score (nSPS) is 10.1. The Morgan fingerprint density at radius 3 is 2.74 bits per heavy atom.